The molecule has 0 radical (unpaired) electrons. The van der Waals surface area contributed by atoms with E-state index in [0.29, 0.717) is 35.9 Å². The van der Waals surface area contributed by atoms with Crippen LogP contribution < -0.4 is 30.7 Å². The molecule has 0 saturated carbocycles. The minimum atomic E-state index is -0.456. The molecule has 0 saturated heterocycles. The Labute approximate surface area is 302 Å². The minimum Gasteiger partial charge on any atom is -0.479 e. The largest absolute Gasteiger partial charge is 0.479 e. The van der Waals surface area contributed by atoms with Gasteiger partial charge in [-0.15, -0.1) is 0 Å². The summed E-state index contributed by atoms with van der Waals surface area (Å²) in [4.78, 5) is 30.7. The predicted octanol–water partition coefficient (Wildman–Crippen LogP) is 6.27. The van der Waals surface area contributed by atoms with Crippen molar-refractivity contribution in [2.45, 2.75) is 13.8 Å². The molecule has 14 heteroatoms. The first-order valence-electron chi connectivity index (χ1n) is 16.8. The molecule has 0 fully saturated rings. The van der Waals surface area contributed by atoms with Crippen LogP contribution in [0.2, 0.25) is 0 Å². The molecule has 52 heavy (non-hydrogen) atoms. The van der Waals surface area contributed by atoms with Crippen LogP contribution in [-0.4, -0.2) is 67.3 Å². The molecule has 14 nitrogen and oxygen atoms in total. The van der Waals surface area contributed by atoms with Crippen molar-refractivity contribution in [3.05, 3.63) is 132 Å². The molecule has 0 spiro atoms. The van der Waals surface area contributed by atoms with Gasteiger partial charge in [0.1, 0.15) is 0 Å². The van der Waals surface area contributed by atoms with Crippen molar-refractivity contribution in [3.8, 4) is 12.0 Å². The summed E-state index contributed by atoms with van der Waals surface area (Å²) in [5, 5.41) is 25.3. The zero-order valence-corrected chi connectivity index (χ0v) is 29.3. The number of nitrogens with one attached hydrogen (secondary N) is 2. The monoisotopic (exact) mass is 696 g/mol. The maximum atomic E-state index is 10.9. The summed E-state index contributed by atoms with van der Waals surface area (Å²) in [7, 11) is 3.67. The van der Waals surface area contributed by atoms with Crippen molar-refractivity contribution in [2.75, 3.05) is 57.9 Å². The average molecular weight is 697 g/mol. The molecule has 0 unspecified atom stereocenters. The lowest BCUT2D eigenvalue weighted by Gasteiger charge is -2.34. The summed E-state index contributed by atoms with van der Waals surface area (Å²) in [6.45, 7) is 5.09. The number of anilines is 6. The minimum absolute atomic E-state index is 0.100. The first-order valence-corrected chi connectivity index (χ1v) is 16.8. The van der Waals surface area contributed by atoms with Gasteiger partial charge in [-0.2, -0.15) is 29.9 Å². The summed E-state index contributed by atoms with van der Waals surface area (Å²) in [6.07, 6.45) is 0. The first kappa shape index (κ1) is 34.9. The molecule has 0 aliphatic heterocycles. The smallest absolute Gasteiger partial charge is 0.320 e. The van der Waals surface area contributed by atoms with Gasteiger partial charge in [0.25, 0.3) is 11.9 Å². The van der Waals surface area contributed by atoms with Gasteiger partial charge in [-0.3, -0.25) is 10.9 Å². The second-order valence-electron chi connectivity index (χ2n) is 11.6. The van der Waals surface area contributed by atoms with E-state index in [1.165, 1.54) is 0 Å². The molecule has 0 aliphatic rings. The second-order valence-corrected chi connectivity index (χ2v) is 11.6. The van der Waals surface area contributed by atoms with Crippen molar-refractivity contribution in [3.63, 3.8) is 0 Å². The van der Waals surface area contributed by atoms with Crippen LogP contribution in [0.15, 0.2) is 121 Å². The standard InChI is InChI=1S/C38H40N12O2/c1-5-47(3)33-39-35(43-37(51)41-33)49(45-29-23-15-9-16-24-29)31(27-19-11-7-12-20-27)32(28-21-13-8-14-22-28)50(46-30-25-17-10-18-26-30)36-40-34(48(4)6-2)42-38(52)44-36/h7-26,45-46H,5-6H2,1-4H3,(H,39,41,43,51)(H,40,42,44,52). The fraction of sp³-hybridized carbons (Fsp3) is 0.158. The van der Waals surface area contributed by atoms with Crippen molar-refractivity contribution in [1.29, 1.82) is 0 Å². The third-order valence-corrected chi connectivity index (χ3v) is 8.03. The van der Waals surface area contributed by atoms with E-state index in [2.05, 4.69) is 30.8 Å². The van der Waals surface area contributed by atoms with Crippen LogP contribution >= 0.6 is 0 Å². The Morgan fingerprint density at radius 2 is 0.769 bits per heavy atom. The lowest BCUT2D eigenvalue weighted by atomic mass is 10.0. The predicted molar refractivity (Wildman–Crippen MR) is 206 cm³/mol. The van der Waals surface area contributed by atoms with E-state index in [9.17, 15) is 10.2 Å². The molecule has 6 aromatic rings. The Morgan fingerprint density at radius 1 is 0.462 bits per heavy atom. The van der Waals surface area contributed by atoms with Crippen LogP contribution in [0.1, 0.15) is 25.0 Å². The summed E-state index contributed by atoms with van der Waals surface area (Å²) in [5.74, 6) is 0.742. The summed E-state index contributed by atoms with van der Waals surface area (Å²) in [6, 6.07) is 37.6. The summed E-state index contributed by atoms with van der Waals surface area (Å²) in [5.41, 5.74) is 11.0. The molecule has 6 rings (SSSR count). The van der Waals surface area contributed by atoms with Gasteiger partial charge in [0.15, 0.2) is 0 Å². The highest BCUT2D eigenvalue weighted by molar-refractivity contribution is 6.02. The number of aromatic hydroxyl groups is 2. The van der Waals surface area contributed by atoms with E-state index >= 15 is 0 Å². The van der Waals surface area contributed by atoms with Crippen LogP contribution in [0.25, 0.3) is 11.4 Å². The number of rotatable bonds is 14. The lowest BCUT2D eigenvalue weighted by Crippen LogP contribution is -2.37. The Bertz CT molecular complexity index is 1940. The maximum Gasteiger partial charge on any atom is 0.320 e. The number of para-hydroxylation sites is 2. The molecular weight excluding hydrogens is 656 g/mol. The molecular formula is C38H40N12O2. The highest BCUT2D eigenvalue weighted by atomic mass is 16.3. The van der Waals surface area contributed by atoms with Crippen LogP contribution in [0.4, 0.5) is 35.2 Å². The molecule has 4 N–H and O–H groups in total. The lowest BCUT2D eigenvalue weighted by molar-refractivity contribution is 0.427. The van der Waals surface area contributed by atoms with Crippen molar-refractivity contribution < 1.29 is 10.2 Å². The Kier molecular flexibility index (Phi) is 10.8. The third kappa shape index (κ3) is 8.08. The van der Waals surface area contributed by atoms with Crippen molar-refractivity contribution >= 4 is 46.6 Å². The van der Waals surface area contributed by atoms with Gasteiger partial charge in [-0.1, -0.05) is 97.1 Å². The van der Waals surface area contributed by atoms with E-state index in [1.807, 2.05) is 149 Å². The Hall–Kier alpha value is -6.96. The van der Waals surface area contributed by atoms with E-state index in [1.54, 1.807) is 19.8 Å². The fourth-order valence-corrected chi connectivity index (χ4v) is 5.14. The molecule has 2 heterocycles. The van der Waals surface area contributed by atoms with Gasteiger partial charge >= 0.3 is 12.0 Å². The van der Waals surface area contributed by atoms with E-state index in [-0.39, 0.29) is 23.8 Å². The first-order chi connectivity index (χ1) is 25.3. The Morgan fingerprint density at radius 3 is 1.10 bits per heavy atom. The number of hydrogen-bond donors (Lipinski definition) is 4. The molecule has 0 bridgehead atoms. The van der Waals surface area contributed by atoms with Crippen molar-refractivity contribution in [2.24, 2.45) is 0 Å². The molecule has 0 atom stereocenters. The number of aromatic nitrogens is 6. The second kappa shape index (κ2) is 16.2. The average Bonchev–Trinajstić information content (AvgIpc) is 3.18. The normalized spacial score (nSPS) is 11.3. The highest BCUT2D eigenvalue weighted by Crippen LogP contribution is 2.37. The van der Waals surface area contributed by atoms with E-state index in [0.717, 1.165) is 11.1 Å². The number of benzene rings is 4. The van der Waals surface area contributed by atoms with Crippen LogP contribution in [0.3, 0.4) is 0 Å². The van der Waals surface area contributed by atoms with Crippen LogP contribution in [-0.2, 0) is 0 Å². The van der Waals surface area contributed by atoms with Gasteiger partial charge in [0.05, 0.1) is 22.8 Å². The zero-order valence-electron chi connectivity index (χ0n) is 29.3. The van der Waals surface area contributed by atoms with Gasteiger partial charge in [0.2, 0.25) is 11.9 Å². The Balaban J connectivity index is 1.75. The van der Waals surface area contributed by atoms with Gasteiger partial charge in [-0.05, 0) is 38.1 Å². The van der Waals surface area contributed by atoms with Crippen molar-refractivity contribution in [1.82, 2.24) is 29.9 Å². The summed E-state index contributed by atoms with van der Waals surface area (Å²) >= 11 is 0. The van der Waals surface area contributed by atoms with Gasteiger partial charge in [0, 0.05) is 38.3 Å². The van der Waals surface area contributed by atoms with Crippen LogP contribution in [0, 0.1) is 0 Å². The molecule has 4 aromatic carbocycles. The van der Waals surface area contributed by atoms with Gasteiger partial charge in [-0.25, -0.2) is 10.0 Å². The topological polar surface area (TPSA) is 155 Å². The molecule has 264 valence electrons. The van der Waals surface area contributed by atoms with Crippen LogP contribution in [0.5, 0.6) is 12.0 Å². The fourth-order valence-electron chi connectivity index (χ4n) is 5.14. The number of hydrazine groups is 2. The van der Waals surface area contributed by atoms with Gasteiger partial charge < -0.3 is 20.0 Å². The van der Waals surface area contributed by atoms with E-state index in [4.69, 9.17) is 9.97 Å². The molecule has 0 aliphatic carbocycles. The number of nitrogens with zero attached hydrogens (tertiary/aromatic N) is 10. The molecule has 0 amide bonds. The maximum absolute atomic E-state index is 10.9. The highest BCUT2D eigenvalue weighted by Gasteiger charge is 2.30. The summed E-state index contributed by atoms with van der Waals surface area (Å²) < 4.78 is 0. The quantitative estimate of drug-likeness (QED) is 0.0746. The molecule has 2 aromatic heterocycles. The SMILES string of the molecule is CCN(C)c1nc(O)nc(N(Nc2ccccc2)C(=C(c2ccccc2)N(Nc2ccccc2)c2nc(O)nc(N(C)CC)n2)c2ccccc2)n1. The van der Waals surface area contributed by atoms with E-state index < -0.39 is 12.0 Å². The zero-order chi connectivity index (χ0) is 36.5. The third-order valence-electron chi connectivity index (χ3n) is 8.03. The number of hydrogen-bond acceptors (Lipinski definition) is 14.